The summed E-state index contributed by atoms with van der Waals surface area (Å²) in [5.74, 6) is 1.07. The summed E-state index contributed by atoms with van der Waals surface area (Å²) in [7, 11) is 0. The number of thioether (sulfide) groups is 1. The molecule has 0 aliphatic carbocycles. The summed E-state index contributed by atoms with van der Waals surface area (Å²) in [6, 6.07) is 3.34. The molecule has 86 valence electrons. The largest absolute Gasteiger partial charge is 0.334 e. The molecule has 0 unspecified atom stereocenters. The molecule has 1 N–H and O–H groups in total. The molecule has 0 saturated carbocycles. The van der Waals surface area contributed by atoms with Crippen LogP contribution in [0.3, 0.4) is 0 Å². The van der Waals surface area contributed by atoms with Crippen molar-refractivity contribution in [3.63, 3.8) is 0 Å². The lowest BCUT2D eigenvalue weighted by atomic mass is 10.3. The van der Waals surface area contributed by atoms with E-state index in [1.165, 1.54) is 0 Å². The highest BCUT2D eigenvalue weighted by molar-refractivity contribution is 8.14. The van der Waals surface area contributed by atoms with E-state index >= 15 is 0 Å². The maximum atomic E-state index is 6.05. The summed E-state index contributed by atoms with van der Waals surface area (Å²) in [6.45, 7) is 0.855. The Morgan fingerprint density at radius 2 is 1.88 bits per heavy atom. The van der Waals surface area contributed by atoms with E-state index in [-0.39, 0.29) is 0 Å². The molecule has 16 heavy (non-hydrogen) atoms. The predicted molar refractivity (Wildman–Crippen MR) is 74.5 cm³/mol. The standard InChI is InChI=1S/C10H9Cl3N2S/c11-6-4-8(13)9(5-7(6)12)15-10-14-2-1-3-16-10/h4-5H,1-3H2,(H,14,15). The zero-order chi connectivity index (χ0) is 11.5. The molecule has 2 rings (SSSR count). The highest BCUT2D eigenvalue weighted by Gasteiger charge is 2.10. The van der Waals surface area contributed by atoms with Gasteiger partial charge in [0.2, 0.25) is 0 Å². The van der Waals surface area contributed by atoms with E-state index in [4.69, 9.17) is 34.8 Å². The first-order valence-corrected chi connectivity index (χ1v) is 6.87. The number of amidine groups is 1. The number of aliphatic imine (C=N–C) groups is 1. The van der Waals surface area contributed by atoms with Crippen LogP contribution in [-0.4, -0.2) is 17.5 Å². The van der Waals surface area contributed by atoms with Gasteiger partial charge in [0.15, 0.2) is 5.17 Å². The number of nitrogens with one attached hydrogen (secondary N) is 1. The second kappa shape index (κ2) is 5.50. The fourth-order valence-electron chi connectivity index (χ4n) is 1.27. The summed E-state index contributed by atoms with van der Waals surface area (Å²) < 4.78 is 0. The molecule has 0 radical (unpaired) electrons. The van der Waals surface area contributed by atoms with E-state index in [2.05, 4.69) is 10.3 Å². The monoisotopic (exact) mass is 294 g/mol. The third-order valence-corrected chi connectivity index (χ3v) is 4.08. The van der Waals surface area contributed by atoms with Crippen LogP contribution >= 0.6 is 46.6 Å². The fourth-order valence-corrected chi connectivity index (χ4v) is 2.69. The molecule has 2 nitrogen and oxygen atoms in total. The Morgan fingerprint density at radius 1 is 1.12 bits per heavy atom. The van der Waals surface area contributed by atoms with Gasteiger partial charge in [-0.1, -0.05) is 46.6 Å². The molecule has 0 fully saturated rings. The minimum atomic E-state index is 0.454. The molecule has 0 bridgehead atoms. The van der Waals surface area contributed by atoms with Crippen molar-refractivity contribution < 1.29 is 0 Å². The Balaban J connectivity index is 2.20. The van der Waals surface area contributed by atoms with Gasteiger partial charge >= 0.3 is 0 Å². The van der Waals surface area contributed by atoms with Crippen LogP contribution in [0.5, 0.6) is 0 Å². The lowest BCUT2D eigenvalue weighted by Gasteiger charge is -2.14. The molecule has 1 aliphatic rings. The third-order valence-electron chi connectivity index (χ3n) is 2.05. The van der Waals surface area contributed by atoms with Crippen molar-refractivity contribution in [2.45, 2.75) is 6.42 Å². The molecule has 0 aromatic heterocycles. The number of benzene rings is 1. The summed E-state index contributed by atoms with van der Waals surface area (Å²) in [5.41, 5.74) is 0.740. The molecule has 1 aliphatic heterocycles. The Hall–Kier alpha value is -0.0900. The van der Waals surface area contributed by atoms with Crippen molar-refractivity contribution in [2.24, 2.45) is 4.99 Å². The van der Waals surface area contributed by atoms with Crippen LogP contribution in [-0.2, 0) is 0 Å². The summed E-state index contributed by atoms with van der Waals surface area (Å²) in [6.07, 6.45) is 1.12. The van der Waals surface area contributed by atoms with Crippen molar-refractivity contribution in [1.82, 2.24) is 0 Å². The van der Waals surface area contributed by atoms with Gasteiger partial charge in [-0.3, -0.25) is 4.99 Å². The van der Waals surface area contributed by atoms with Gasteiger partial charge in [-0.25, -0.2) is 0 Å². The van der Waals surface area contributed by atoms with E-state index in [1.54, 1.807) is 23.9 Å². The molecule has 0 saturated heterocycles. The zero-order valence-electron chi connectivity index (χ0n) is 8.27. The predicted octanol–water partition coefficient (Wildman–Crippen LogP) is 4.55. The molecule has 1 aromatic rings. The highest BCUT2D eigenvalue weighted by Crippen LogP contribution is 2.33. The van der Waals surface area contributed by atoms with Gasteiger partial charge < -0.3 is 5.32 Å². The van der Waals surface area contributed by atoms with Crippen LogP contribution in [0.2, 0.25) is 15.1 Å². The summed E-state index contributed by atoms with van der Waals surface area (Å²) in [5, 5.41) is 5.52. The molecule has 1 aromatic carbocycles. The van der Waals surface area contributed by atoms with Crippen molar-refractivity contribution in [1.29, 1.82) is 0 Å². The van der Waals surface area contributed by atoms with Crippen LogP contribution in [0.25, 0.3) is 0 Å². The minimum absolute atomic E-state index is 0.454. The van der Waals surface area contributed by atoms with Crippen molar-refractivity contribution in [3.05, 3.63) is 27.2 Å². The number of hydrogen-bond acceptors (Lipinski definition) is 3. The second-order valence-electron chi connectivity index (χ2n) is 3.26. The van der Waals surface area contributed by atoms with Gasteiger partial charge in [0, 0.05) is 12.3 Å². The summed E-state index contributed by atoms with van der Waals surface area (Å²) in [4.78, 5) is 4.35. The lowest BCUT2D eigenvalue weighted by Crippen LogP contribution is -2.13. The van der Waals surface area contributed by atoms with Crippen molar-refractivity contribution >= 4 is 57.4 Å². The van der Waals surface area contributed by atoms with Crippen LogP contribution in [0.15, 0.2) is 17.1 Å². The molecule has 0 atom stereocenters. The number of hydrogen-bond donors (Lipinski definition) is 1. The van der Waals surface area contributed by atoms with E-state index in [0.29, 0.717) is 15.1 Å². The van der Waals surface area contributed by atoms with Crippen LogP contribution in [0.4, 0.5) is 5.69 Å². The van der Waals surface area contributed by atoms with Gasteiger partial charge in [-0.05, 0) is 18.6 Å². The van der Waals surface area contributed by atoms with Crippen LogP contribution < -0.4 is 5.32 Å². The first kappa shape index (κ1) is 12.4. The van der Waals surface area contributed by atoms with Gasteiger partial charge in [0.25, 0.3) is 0 Å². The smallest absolute Gasteiger partial charge is 0.161 e. The molecule has 0 spiro atoms. The summed E-state index contributed by atoms with van der Waals surface area (Å²) >= 11 is 19.5. The van der Waals surface area contributed by atoms with Crippen molar-refractivity contribution in [2.75, 3.05) is 17.6 Å². The van der Waals surface area contributed by atoms with Crippen molar-refractivity contribution in [3.8, 4) is 0 Å². The quantitative estimate of drug-likeness (QED) is 0.769. The third kappa shape index (κ3) is 2.98. The van der Waals surface area contributed by atoms with Gasteiger partial charge in [0.05, 0.1) is 20.8 Å². The normalized spacial score (nSPS) is 15.8. The minimum Gasteiger partial charge on any atom is -0.334 e. The number of anilines is 1. The van der Waals surface area contributed by atoms with E-state index < -0.39 is 0 Å². The topological polar surface area (TPSA) is 24.4 Å². The van der Waals surface area contributed by atoms with E-state index in [9.17, 15) is 0 Å². The Labute approximate surface area is 113 Å². The highest BCUT2D eigenvalue weighted by atomic mass is 35.5. The Morgan fingerprint density at radius 3 is 2.56 bits per heavy atom. The number of rotatable bonds is 1. The average molecular weight is 296 g/mol. The molecular weight excluding hydrogens is 287 g/mol. The SMILES string of the molecule is Clc1cc(Cl)c(NC2=NCCCS2)cc1Cl. The maximum absolute atomic E-state index is 6.05. The Bertz CT molecular complexity index is 434. The van der Waals surface area contributed by atoms with E-state index in [0.717, 1.165) is 29.6 Å². The maximum Gasteiger partial charge on any atom is 0.161 e. The average Bonchev–Trinajstić information content (AvgIpc) is 2.27. The molecular formula is C10H9Cl3N2S. The second-order valence-corrected chi connectivity index (χ2v) is 5.57. The van der Waals surface area contributed by atoms with Gasteiger partial charge in [-0.15, -0.1) is 0 Å². The van der Waals surface area contributed by atoms with Crippen LogP contribution in [0, 0.1) is 0 Å². The van der Waals surface area contributed by atoms with Gasteiger partial charge in [-0.2, -0.15) is 0 Å². The molecule has 0 amide bonds. The fraction of sp³-hybridized carbons (Fsp3) is 0.300. The van der Waals surface area contributed by atoms with Crippen LogP contribution in [0.1, 0.15) is 6.42 Å². The Kier molecular flexibility index (Phi) is 4.25. The first-order chi connectivity index (χ1) is 7.66. The number of halogens is 3. The number of nitrogens with zero attached hydrogens (tertiary/aromatic N) is 1. The molecule has 6 heteroatoms. The lowest BCUT2D eigenvalue weighted by molar-refractivity contribution is 0.938. The molecule has 1 heterocycles. The van der Waals surface area contributed by atoms with E-state index in [1.807, 2.05) is 0 Å². The van der Waals surface area contributed by atoms with Gasteiger partial charge in [0.1, 0.15) is 0 Å². The zero-order valence-corrected chi connectivity index (χ0v) is 11.3. The first-order valence-electron chi connectivity index (χ1n) is 4.75.